The van der Waals surface area contributed by atoms with Crippen molar-refractivity contribution >= 4 is 29.2 Å². The number of ether oxygens (including phenoxy) is 3. The van der Waals surface area contributed by atoms with Crippen LogP contribution in [0.2, 0.25) is 10.0 Å². The monoisotopic (exact) mass is 725 g/mol. The second-order valence-electron chi connectivity index (χ2n) is 11.1. The van der Waals surface area contributed by atoms with Gasteiger partial charge in [-0.25, -0.2) is 15.0 Å². The molecule has 0 saturated carbocycles. The van der Waals surface area contributed by atoms with Crippen molar-refractivity contribution in [2.75, 3.05) is 26.4 Å². The van der Waals surface area contributed by atoms with Crippen LogP contribution in [0.4, 0.5) is 0 Å². The molecular formula is C37H41Cl2N3O8. The molecular weight excluding hydrogens is 685 g/mol. The molecule has 11 nitrogen and oxygen atoms in total. The lowest BCUT2D eigenvalue weighted by Crippen LogP contribution is -2.04. The van der Waals surface area contributed by atoms with E-state index in [9.17, 15) is 15.0 Å². The van der Waals surface area contributed by atoms with Crippen molar-refractivity contribution in [2.24, 2.45) is 0 Å². The highest BCUT2D eigenvalue weighted by molar-refractivity contribution is 6.42. The molecule has 0 aliphatic carbocycles. The van der Waals surface area contributed by atoms with Crippen LogP contribution in [0.3, 0.4) is 0 Å². The number of nitrogens with zero attached hydrogens (tertiary/aromatic N) is 3. The maximum absolute atomic E-state index is 11.5. The highest BCUT2D eigenvalue weighted by Gasteiger charge is 2.18. The predicted molar refractivity (Wildman–Crippen MR) is 191 cm³/mol. The summed E-state index contributed by atoms with van der Waals surface area (Å²) in [6.45, 7) is 9.08. The number of carbonyl (C=O) groups excluding carboxylic acids is 1. The molecule has 0 unspecified atom stereocenters. The average molecular weight is 727 g/mol. The molecule has 2 N–H and O–H groups in total. The van der Waals surface area contributed by atoms with Crippen molar-refractivity contribution < 1.29 is 39.0 Å². The third-order valence-corrected chi connectivity index (χ3v) is 7.99. The van der Waals surface area contributed by atoms with Gasteiger partial charge < -0.3 is 29.3 Å². The topological polar surface area (TPSA) is 142 Å². The van der Waals surface area contributed by atoms with Gasteiger partial charge in [-0.2, -0.15) is 4.89 Å². The summed E-state index contributed by atoms with van der Waals surface area (Å²) in [7, 11) is 0. The zero-order chi connectivity index (χ0) is 35.9. The lowest BCUT2D eigenvalue weighted by molar-refractivity contribution is -0.259. The van der Waals surface area contributed by atoms with Crippen LogP contribution in [0.25, 0.3) is 34.2 Å². The number of aromatic nitrogens is 3. The van der Waals surface area contributed by atoms with Gasteiger partial charge in [0.2, 0.25) is 0 Å². The van der Waals surface area contributed by atoms with E-state index in [0.29, 0.717) is 89.7 Å². The molecule has 0 amide bonds. The van der Waals surface area contributed by atoms with Gasteiger partial charge in [-0.1, -0.05) is 29.8 Å². The molecule has 0 spiro atoms. The number of aromatic hydroxyl groups is 2. The fourth-order valence-corrected chi connectivity index (χ4v) is 5.03. The van der Waals surface area contributed by atoms with E-state index in [1.807, 2.05) is 6.92 Å². The van der Waals surface area contributed by atoms with Crippen molar-refractivity contribution in [1.82, 2.24) is 15.0 Å². The van der Waals surface area contributed by atoms with Crippen LogP contribution in [-0.4, -0.2) is 57.6 Å². The van der Waals surface area contributed by atoms with Crippen LogP contribution in [0, 0.1) is 0 Å². The van der Waals surface area contributed by atoms with Gasteiger partial charge in [0.1, 0.15) is 28.8 Å². The summed E-state index contributed by atoms with van der Waals surface area (Å²) < 4.78 is 16.6. The Labute approximate surface area is 301 Å². The second-order valence-corrected chi connectivity index (χ2v) is 11.9. The number of halogens is 2. The Morgan fingerprint density at radius 1 is 0.700 bits per heavy atom. The third kappa shape index (κ3) is 11.5. The second kappa shape index (κ2) is 19.6. The SMILES string of the molecule is C=C(CCCCOc1ccc(-c2nc(-c3ccc(Cl)c(Cl)c3)nc(-c3ccc(OCCCCCC(=O)OCC)cc3O)n2)c(O)c1)OOCC. The van der Waals surface area contributed by atoms with E-state index >= 15 is 0 Å². The van der Waals surface area contributed by atoms with E-state index in [2.05, 4.69) is 21.5 Å². The van der Waals surface area contributed by atoms with Gasteiger partial charge >= 0.3 is 5.97 Å². The van der Waals surface area contributed by atoms with Gasteiger partial charge in [-0.3, -0.25) is 4.79 Å². The summed E-state index contributed by atoms with van der Waals surface area (Å²) in [4.78, 5) is 35.3. The quantitative estimate of drug-likeness (QED) is 0.0296. The Hall–Kier alpha value is -4.58. The fourth-order valence-electron chi connectivity index (χ4n) is 4.73. The van der Waals surface area contributed by atoms with E-state index in [4.69, 9.17) is 47.2 Å². The highest BCUT2D eigenvalue weighted by Crippen LogP contribution is 2.36. The summed E-state index contributed by atoms with van der Waals surface area (Å²) in [5.41, 5.74) is 1.21. The molecule has 4 aromatic rings. The number of hydrogen-bond donors (Lipinski definition) is 2. The normalized spacial score (nSPS) is 10.9. The molecule has 3 aromatic carbocycles. The molecule has 1 aromatic heterocycles. The first kappa shape index (κ1) is 38.2. The van der Waals surface area contributed by atoms with Gasteiger partial charge in [0.15, 0.2) is 17.5 Å². The minimum Gasteiger partial charge on any atom is -0.507 e. The predicted octanol–water partition coefficient (Wildman–Crippen LogP) is 9.12. The number of esters is 1. The van der Waals surface area contributed by atoms with Crippen LogP contribution >= 0.6 is 23.2 Å². The zero-order valence-electron chi connectivity index (χ0n) is 28.1. The van der Waals surface area contributed by atoms with Crippen molar-refractivity contribution in [3.63, 3.8) is 0 Å². The van der Waals surface area contributed by atoms with E-state index < -0.39 is 0 Å². The summed E-state index contributed by atoms with van der Waals surface area (Å²) >= 11 is 12.5. The Morgan fingerprint density at radius 3 is 1.84 bits per heavy atom. The Bertz CT molecular complexity index is 1750. The van der Waals surface area contributed by atoms with E-state index in [1.54, 1.807) is 49.4 Å². The molecule has 266 valence electrons. The third-order valence-electron chi connectivity index (χ3n) is 7.25. The van der Waals surface area contributed by atoms with Crippen molar-refractivity contribution in [3.05, 3.63) is 77.0 Å². The largest absolute Gasteiger partial charge is 0.507 e. The fraction of sp³-hybridized carbons (Fsp3) is 0.351. The number of rotatable bonds is 20. The molecule has 0 aliphatic heterocycles. The number of unbranched alkanes of at least 4 members (excludes halogenated alkanes) is 3. The van der Waals surface area contributed by atoms with Crippen LogP contribution < -0.4 is 9.47 Å². The minimum atomic E-state index is -0.200. The van der Waals surface area contributed by atoms with Crippen molar-refractivity contribution in [1.29, 1.82) is 0 Å². The summed E-state index contributed by atoms with van der Waals surface area (Å²) in [5.74, 6) is 1.66. The zero-order valence-corrected chi connectivity index (χ0v) is 29.6. The first-order chi connectivity index (χ1) is 24.2. The van der Waals surface area contributed by atoms with Crippen molar-refractivity contribution in [3.8, 4) is 57.2 Å². The molecule has 0 aliphatic rings. The summed E-state index contributed by atoms with van der Waals surface area (Å²) in [6.07, 6.45) is 4.80. The Morgan fingerprint density at radius 2 is 1.28 bits per heavy atom. The molecule has 0 fully saturated rings. The first-order valence-electron chi connectivity index (χ1n) is 16.4. The maximum Gasteiger partial charge on any atom is 0.305 e. The van der Waals surface area contributed by atoms with Gasteiger partial charge in [-0.15, -0.1) is 0 Å². The Balaban J connectivity index is 1.50. The highest BCUT2D eigenvalue weighted by atomic mass is 35.5. The van der Waals surface area contributed by atoms with E-state index in [0.717, 1.165) is 25.7 Å². The maximum atomic E-state index is 11.5. The smallest absolute Gasteiger partial charge is 0.305 e. The molecule has 4 rings (SSSR count). The molecule has 13 heteroatoms. The first-order valence-corrected chi connectivity index (χ1v) is 17.2. The average Bonchev–Trinajstić information content (AvgIpc) is 3.10. The lowest BCUT2D eigenvalue weighted by Gasteiger charge is -2.13. The Kier molecular flexibility index (Phi) is 15.0. The van der Waals surface area contributed by atoms with Crippen LogP contribution in [0.1, 0.15) is 58.8 Å². The minimum absolute atomic E-state index is 0.103. The number of carbonyl (C=O) groups is 1. The van der Waals surface area contributed by atoms with E-state index in [1.165, 1.54) is 12.1 Å². The number of hydrogen-bond acceptors (Lipinski definition) is 11. The molecule has 50 heavy (non-hydrogen) atoms. The standard InChI is InChI=1S/C37H41Cl2N3O8/c1-4-46-34(45)12-7-6-9-19-47-26-14-16-28(32(43)22-26)36-40-35(25-13-18-30(38)31(39)21-25)41-37(42-36)29-17-15-27(23-33(29)44)48-20-10-8-11-24(3)50-49-5-2/h13-18,21-23,43-44H,3-12,19-20H2,1-2H3. The van der Waals surface area contributed by atoms with Crippen molar-refractivity contribution in [2.45, 2.75) is 58.8 Å². The van der Waals surface area contributed by atoms with Gasteiger partial charge in [0, 0.05) is 30.5 Å². The lowest BCUT2D eigenvalue weighted by atomic mass is 10.1. The van der Waals surface area contributed by atoms with Gasteiger partial charge in [-0.05, 0) is 88.4 Å². The molecule has 0 bridgehead atoms. The molecule has 0 saturated heterocycles. The molecule has 1 heterocycles. The van der Waals surface area contributed by atoms with Gasteiger partial charge in [0.25, 0.3) is 0 Å². The number of benzene rings is 3. The number of phenolic OH excluding ortho intramolecular Hbond substituents is 2. The summed E-state index contributed by atoms with van der Waals surface area (Å²) in [6, 6.07) is 14.7. The summed E-state index contributed by atoms with van der Waals surface area (Å²) in [5, 5.41) is 22.7. The van der Waals surface area contributed by atoms with Crippen LogP contribution in [0.15, 0.2) is 66.9 Å². The van der Waals surface area contributed by atoms with E-state index in [-0.39, 0.29) is 34.9 Å². The molecule has 0 radical (unpaired) electrons. The number of phenols is 2. The van der Waals surface area contributed by atoms with Gasteiger partial charge in [0.05, 0.1) is 47.6 Å². The van der Waals surface area contributed by atoms with Crippen LogP contribution in [-0.2, 0) is 19.3 Å². The number of allylic oxidation sites excluding steroid dienone is 1. The van der Waals surface area contributed by atoms with Crippen LogP contribution in [0.5, 0.6) is 23.0 Å². The molecule has 0 atom stereocenters.